The number of carbonyl (C=O) groups excluding carboxylic acids is 4. The lowest BCUT2D eigenvalue weighted by atomic mass is 9.51. The predicted molar refractivity (Wildman–Crippen MR) is 122 cm³/mol. The molecular formula is C27H32O8. The second-order valence-corrected chi connectivity index (χ2v) is 11.6. The molecule has 1 aromatic rings. The van der Waals surface area contributed by atoms with Crippen LogP contribution in [-0.2, 0) is 33.4 Å². The second kappa shape index (κ2) is 7.38. The van der Waals surface area contributed by atoms with Crippen LogP contribution < -0.4 is 0 Å². The van der Waals surface area contributed by atoms with Gasteiger partial charge in [0.25, 0.3) is 0 Å². The van der Waals surface area contributed by atoms with Crippen LogP contribution in [0.25, 0.3) is 0 Å². The first kappa shape index (κ1) is 24.0. The fourth-order valence-electron chi connectivity index (χ4n) is 7.51. The number of rotatable bonds is 3. The van der Waals surface area contributed by atoms with Gasteiger partial charge in [-0.1, -0.05) is 27.4 Å². The molecule has 2 saturated heterocycles. The van der Waals surface area contributed by atoms with E-state index >= 15 is 0 Å². The quantitative estimate of drug-likeness (QED) is 0.471. The molecule has 1 spiro atoms. The van der Waals surface area contributed by atoms with E-state index in [4.69, 9.17) is 18.6 Å². The molecule has 35 heavy (non-hydrogen) atoms. The number of fused-ring (bicyclic) bond motifs is 2. The van der Waals surface area contributed by atoms with Crippen LogP contribution in [0.1, 0.15) is 65.0 Å². The topological polar surface area (TPSA) is 109 Å². The number of cyclic esters (lactones) is 1. The summed E-state index contributed by atoms with van der Waals surface area (Å²) < 4.78 is 22.9. The molecule has 0 aromatic carbocycles. The van der Waals surface area contributed by atoms with Gasteiger partial charge in [0.15, 0.2) is 0 Å². The zero-order chi connectivity index (χ0) is 25.6. The van der Waals surface area contributed by atoms with E-state index < -0.39 is 57.8 Å². The van der Waals surface area contributed by atoms with E-state index in [0.29, 0.717) is 17.6 Å². The Bertz CT molecular complexity index is 1130. The van der Waals surface area contributed by atoms with Gasteiger partial charge in [0, 0.05) is 28.7 Å². The Balaban J connectivity index is 1.67. The van der Waals surface area contributed by atoms with Crippen LogP contribution in [0.15, 0.2) is 35.2 Å². The zero-order valence-corrected chi connectivity index (χ0v) is 20.8. The summed E-state index contributed by atoms with van der Waals surface area (Å²) in [6.45, 7) is 11.6. The van der Waals surface area contributed by atoms with Crippen molar-refractivity contribution in [3.05, 3.63) is 36.3 Å². The molecule has 5 rings (SSSR count). The van der Waals surface area contributed by atoms with E-state index in [1.165, 1.54) is 19.6 Å². The van der Waals surface area contributed by atoms with Gasteiger partial charge in [0.05, 0.1) is 44.0 Å². The van der Waals surface area contributed by atoms with Crippen LogP contribution in [0.2, 0.25) is 0 Å². The maximum absolute atomic E-state index is 14.5. The normalized spacial score (nSPS) is 42.1. The SMILES string of the molecule is C=C1C2CC3(C)C(c4ccoc4)OC(=O)CC13OC1CC(=O)C(C)(C)C(CC(=O)OC)C1(C)C2=O. The lowest BCUT2D eigenvalue weighted by Crippen LogP contribution is -2.64. The summed E-state index contributed by atoms with van der Waals surface area (Å²) >= 11 is 0. The van der Waals surface area contributed by atoms with Crippen molar-refractivity contribution in [2.45, 2.75) is 71.2 Å². The number of hydrogen-bond acceptors (Lipinski definition) is 8. The third-order valence-electron chi connectivity index (χ3n) is 9.70. The summed E-state index contributed by atoms with van der Waals surface area (Å²) in [7, 11) is 1.29. The van der Waals surface area contributed by atoms with E-state index in [1.807, 2.05) is 6.92 Å². The molecule has 8 heteroatoms. The van der Waals surface area contributed by atoms with E-state index in [2.05, 4.69) is 6.58 Å². The van der Waals surface area contributed by atoms with Gasteiger partial charge in [-0.2, -0.15) is 0 Å². The third kappa shape index (κ3) is 2.89. The third-order valence-corrected chi connectivity index (χ3v) is 9.70. The summed E-state index contributed by atoms with van der Waals surface area (Å²) in [6, 6.07) is 1.74. The number of methoxy groups -OCH3 is 1. The number of Topliss-reactive ketones (excluding diaryl/α,β-unsaturated/α-hetero) is 2. The highest BCUT2D eigenvalue weighted by molar-refractivity contribution is 5.97. The average molecular weight is 485 g/mol. The van der Waals surface area contributed by atoms with E-state index in [-0.39, 0.29) is 30.8 Å². The Hall–Kier alpha value is -2.74. The molecule has 8 nitrogen and oxygen atoms in total. The first-order chi connectivity index (χ1) is 16.3. The largest absolute Gasteiger partial charge is 0.472 e. The van der Waals surface area contributed by atoms with Gasteiger partial charge < -0.3 is 18.6 Å². The van der Waals surface area contributed by atoms with E-state index in [0.717, 1.165) is 0 Å². The van der Waals surface area contributed by atoms with Gasteiger partial charge in [-0.05, 0) is 30.9 Å². The Morgan fingerprint density at radius 2 is 1.91 bits per heavy atom. The van der Waals surface area contributed by atoms with Gasteiger partial charge in [0.1, 0.15) is 23.3 Å². The van der Waals surface area contributed by atoms with Gasteiger partial charge in [-0.15, -0.1) is 0 Å². The summed E-state index contributed by atoms with van der Waals surface area (Å²) in [5.41, 5.74) is -2.83. The molecule has 0 N–H and O–H groups in total. The number of ether oxygens (including phenoxy) is 3. The van der Waals surface area contributed by atoms with E-state index in [9.17, 15) is 19.2 Å². The molecule has 188 valence electrons. The van der Waals surface area contributed by atoms with Crippen molar-refractivity contribution < 1.29 is 37.8 Å². The molecule has 2 saturated carbocycles. The minimum absolute atomic E-state index is 0.0101. The summed E-state index contributed by atoms with van der Waals surface area (Å²) in [6.07, 6.45) is 1.74. The molecule has 2 aliphatic heterocycles. The number of carbonyl (C=O) groups is 4. The Labute approximate surface area is 204 Å². The van der Waals surface area contributed by atoms with Crippen molar-refractivity contribution in [2.24, 2.45) is 28.1 Å². The molecular weight excluding hydrogens is 452 g/mol. The summed E-state index contributed by atoms with van der Waals surface area (Å²) in [5, 5.41) is 0. The smallest absolute Gasteiger partial charge is 0.309 e. The zero-order valence-electron chi connectivity index (χ0n) is 20.8. The number of ketones is 2. The van der Waals surface area contributed by atoms with Crippen molar-refractivity contribution in [2.75, 3.05) is 7.11 Å². The summed E-state index contributed by atoms with van der Waals surface area (Å²) in [4.78, 5) is 53.2. The van der Waals surface area contributed by atoms with Gasteiger partial charge in [0.2, 0.25) is 0 Å². The molecule has 7 unspecified atom stereocenters. The van der Waals surface area contributed by atoms with Gasteiger partial charge in [-0.25, -0.2) is 0 Å². The van der Waals surface area contributed by atoms with Crippen LogP contribution in [0.4, 0.5) is 0 Å². The Kier molecular flexibility index (Phi) is 5.06. The van der Waals surface area contributed by atoms with Crippen molar-refractivity contribution in [3.8, 4) is 0 Å². The molecule has 4 aliphatic rings. The average Bonchev–Trinajstić information content (AvgIpc) is 3.39. The first-order valence-electron chi connectivity index (χ1n) is 12.1. The van der Waals surface area contributed by atoms with Gasteiger partial charge >= 0.3 is 11.9 Å². The lowest BCUT2D eigenvalue weighted by Gasteiger charge is -2.57. The Morgan fingerprint density at radius 1 is 1.20 bits per heavy atom. The highest BCUT2D eigenvalue weighted by atomic mass is 16.6. The second-order valence-electron chi connectivity index (χ2n) is 11.6. The molecule has 7 atom stereocenters. The lowest BCUT2D eigenvalue weighted by molar-refractivity contribution is -0.243. The van der Waals surface area contributed by atoms with Crippen LogP contribution in [0.3, 0.4) is 0 Å². The fourth-order valence-corrected chi connectivity index (χ4v) is 7.51. The van der Waals surface area contributed by atoms with Crippen molar-refractivity contribution in [1.29, 1.82) is 0 Å². The summed E-state index contributed by atoms with van der Waals surface area (Å²) in [5.74, 6) is -2.37. The minimum Gasteiger partial charge on any atom is -0.472 e. The first-order valence-corrected chi connectivity index (χ1v) is 12.1. The molecule has 2 aliphatic carbocycles. The van der Waals surface area contributed by atoms with Crippen LogP contribution in [-0.4, -0.2) is 42.3 Å². The van der Waals surface area contributed by atoms with Crippen molar-refractivity contribution in [3.63, 3.8) is 0 Å². The highest BCUT2D eigenvalue weighted by Crippen LogP contribution is 2.69. The number of hydrogen-bond donors (Lipinski definition) is 0. The Morgan fingerprint density at radius 3 is 2.54 bits per heavy atom. The standard InChI is InChI=1S/C27H32O8/c1-14-16-11-25(4)23(15-7-8-33-13-15)34-21(30)12-27(14,25)35-19-10-18(28)24(2,3)17(9-20(29)32-6)26(19,5)22(16)31/h7-8,13,16-17,19,23H,1,9-12H2,2-6H3. The van der Waals surface area contributed by atoms with Crippen LogP contribution in [0.5, 0.6) is 0 Å². The highest BCUT2D eigenvalue weighted by Gasteiger charge is 2.74. The molecule has 3 heterocycles. The minimum atomic E-state index is -1.19. The van der Waals surface area contributed by atoms with E-state index in [1.54, 1.807) is 26.8 Å². The number of esters is 2. The maximum atomic E-state index is 14.5. The van der Waals surface area contributed by atoms with Gasteiger partial charge in [-0.3, -0.25) is 19.2 Å². The number of furan rings is 1. The molecule has 1 aromatic heterocycles. The van der Waals surface area contributed by atoms with Crippen LogP contribution >= 0.6 is 0 Å². The molecule has 0 amide bonds. The van der Waals surface area contributed by atoms with Crippen molar-refractivity contribution in [1.82, 2.24) is 0 Å². The molecule has 4 fully saturated rings. The molecule has 2 bridgehead atoms. The van der Waals surface area contributed by atoms with Crippen LogP contribution in [0, 0.1) is 28.1 Å². The maximum Gasteiger partial charge on any atom is 0.309 e. The fraction of sp³-hybridized carbons (Fsp3) is 0.630. The molecule has 0 radical (unpaired) electrons. The van der Waals surface area contributed by atoms with Crippen molar-refractivity contribution >= 4 is 23.5 Å². The monoisotopic (exact) mass is 484 g/mol. The predicted octanol–water partition coefficient (Wildman–Crippen LogP) is 3.74.